The number of aromatic nitrogens is 1. The lowest BCUT2D eigenvalue weighted by Crippen LogP contribution is -2.44. The molecule has 0 aromatic carbocycles. The number of pyridine rings is 1. The van der Waals surface area contributed by atoms with Crippen molar-refractivity contribution in [2.75, 3.05) is 19.6 Å². The number of amides is 2. The quantitative estimate of drug-likeness (QED) is 0.827. The molecule has 6 heteroatoms. The Morgan fingerprint density at radius 2 is 2.14 bits per heavy atom. The summed E-state index contributed by atoms with van der Waals surface area (Å²) in [4.78, 5) is 32.0. The molecule has 22 heavy (non-hydrogen) atoms. The van der Waals surface area contributed by atoms with E-state index < -0.39 is 0 Å². The van der Waals surface area contributed by atoms with Crippen molar-refractivity contribution in [2.24, 2.45) is 11.8 Å². The molecule has 6 nitrogen and oxygen atoms in total. The number of rotatable bonds is 3. The first kappa shape index (κ1) is 14.5. The Hall–Kier alpha value is -2.42. The van der Waals surface area contributed by atoms with Crippen molar-refractivity contribution >= 4 is 11.8 Å². The van der Waals surface area contributed by atoms with Crippen molar-refractivity contribution in [3.05, 3.63) is 30.1 Å². The first-order valence-electron chi connectivity index (χ1n) is 7.51. The molecule has 0 radical (unpaired) electrons. The zero-order chi connectivity index (χ0) is 15.5. The molecule has 0 saturated carbocycles. The predicted octanol–water partition coefficient (Wildman–Crippen LogP) is 0.802. The maximum atomic E-state index is 12.6. The third kappa shape index (κ3) is 2.80. The van der Waals surface area contributed by atoms with Crippen molar-refractivity contribution in [3.8, 4) is 6.07 Å². The zero-order valence-corrected chi connectivity index (χ0v) is 12.3. The Bertz CT molecular complexity index is 610. The van der Waals surface area contributed by atoms with Crippen LogP contribution in [0.25, 0.3) is 0 Å². The number of likely N-dealkylation sites (tertiary alicyclic amines) is 2. The van der Waals surface area contributed by atoms with Gasteiger partial charge in [-0.1, -0.05) is 0 Å². The SMILES string of the molecule is N#CCC(=O)N1C[C@H]2CCN(Cc3ccncc3)C(=O)[C@@H]2C1. The van der Waals surface area contributed by atoms with Crippen molar-refractivity contribution in [1.82, 2.24) is 14.8 Å². The van der Waals surface area contributed by atoms with E-state index in [0.29, 0.717) is 19.6 Å². The van der Waals surface area contributed by atoms with E-state index in [1.807, 2.05) is 23.1 Å². The molecule has 1 aromatic heterocycles. The van der Waals surface area contributed by atoms with Gasteiger partial charge in [0.2, 0.25) is 11.8 Å². The van der Waals surface area contributed by atoms with E-state index in [2.05, 4.69) is 4.98 Å². The first-order valence-corrected chi connectivity index (χ1v) is 7.51. The molecule has 0 bridgehead atoms. The zero-order valence-electron chi connectivity index (χ0n) is 12.3. The Kier molecular flexibility index (Phi) is 4.05. The molecule has 114 valence electrons. The molecule has 2 saturated heterocycles. The maximum absolute atomic E-state index is 12.6. The third-order valence-corrected chi connectivity index (χ3v) is 4.55. The molecule has 3 rings (SSSR count). The van der Waals surface area contributed by atoms with Crippen LogP contribution in [0.5, 0.6) is 0 Å². The number of hydrogen-bond acceptors (Lipinski definition) is 4. The van der Waals surface area contributed by atoms with Crippen molar-refractivity contribution < 1.29 is 9.59 Å². The Morgan fingerprint density at radius 1 is 1.36 bits per heavy atom. The molecule has 2 amide bonds. The van der Waals surface area contributed by atoms with Gasteiger partial charge in [0.25, 0.3) is 0 Å². The highest BCUT2D eigenvalue weighted by Crippen LogP contribution is 2.33. The third-order valence-electron chi connectivity index (χ3n) is 4.55. The van der Waals surface area contributed by atoms with Gasteiger partial charge in [0, 0.05) is 38.6 Å². The van der Waals surface area contributed by atoms with E-state index >= 15 is 0 Å². The van der Waals surface area contributed by atoms with Gasteiger partial charge in [-0.25, -0.2) is 0 Å². The second-order valence-corrected chi connectivity index (χ2v) is 5.90. The van der Waals surface area contributed by atoms with Gasteiger partial charge in [-0.2, -0.15) is 5.26 Å². The van der Waals surface area contributed by atoms with Gasteiger partial charge >= 0.3 is 0 Å². The number of carbonyl (C=O) groups is 2. The minimum absolute atomic E-state index is 0.103. The highest BCUT2D eigenvalue weighted by Gasteiger charge is 2.43. The average Bonchev–Trinajstić information content (AvgIpc) is 2.97. The minimum atomic E-state index is -0.162. The largest absolute Gasteiger partial charge is 0.341 e. The normalized spacial score (nSPS) is 24.0. The Morgan fingerprint density at radius 3 is 2.86 bits per heavy atom. The fraction of sp³-hybridized carbons (Fsp3) is 0.500. The maximum Gasteiger partial charge on any atom is 0.236 e. The standard InChI is InChI=1S/C16H18N4O2/c17-5-1-15(21)20-10-13-4-8-19(16(22)14(13)11-20)9-12-2-6-18-7-3-12/h2-3,6-7,13-14H,1,4,8-11H2/t13-,14-/m1/s1. The summed E-state index contributed by atoms with van der Waals surface area (Å²) in [5.74, 6) is 0.0905. The molecule has 2 fully saturated rings. The highest BCUT2D eigenvalue weighted by molar-refractivity contribution is 5.84. The molecule has 0 aliphatic carbocycles. The number of nitriles is 1. The van der Waals surface area contributed by atoms with Crippen LogP contribution in [-0.4, -0.2) is 46.2 Å². The van der Waals surface area contributed by atoms with Gasteiger partial charge in [-0.3, -0.25) is 14.6 Å². The molecule has 2 atom stereocenters. The van der Waals surface area contributed by atoms with Crippen LogP contribution < -0.4 is 0 Å². The second-order valence-electron chi connectivity index (χ2n) is 5.90. The number of piperidine rings is 1. The van der Waals surface area contributed by atoms with Crippen LogP contribution in [-0.2, 0) is 16.1 Å². The van der Waals surface area contributed by atoms with Gasteiger partial charge in [-0.15, -0.1) is 0 Å². The van der Waals surface area contributed by atoms with Gasteiger partial charge in [-0.05, 0) is 30.0 Å². The summed E-state index contributed by atoms with van der Waals surface area (Å²) in [7, 11) is 0. The molecule has 2 aliphatic rings. The van der Waals surface area contributed by atoms with Crippen LogP contribution in [0.4, 0.5) is 0 Å². The lowest BCUT2D eigenvalue weighted by molar-refractivity contribution is -0.140. The summed E-state index contributed by atoms with van der Waals surface area (Å²) < 4.78 is 0. The topological polar surface area (TPSA) is 77.3 Å². The summed E-state index contributed by atoms with van der Waals surface area (Å²) in [6.45, 7) is 2.39. The van der Waals surface area contributed by atoms with Crippen LogP contribution in [0.3, 0.4) is 0 Å². The first-order chi connectivity index (χ1) is 10.7. The van der Waals surface area contributed by atoms with E-state index in [0.717, 1.165) is 18.5 Å². The van der Waals surface area contributed by atoms with Gasteiger partial charge in [0.05, 0.1) is 12.0 Å². The summed E-state index contributed by atoms with van der Waals surface area (Å²) in [5.41, 5.74) is 1.07. The van der Waals surface area contributed by atoms with Crippen molar-refractivity contribution in [2.45, 2.75) is 19.4 Å². The predicted molar refractivity (Wildman–Crippen MR) is 78.1 cm³/mol. The molecule has 3 heterocycles. The second kappa shape index (κ2) is 6.14. The number of hydrogen-bond donors (Lipinski definition) is 0. The molecule has 2 aliphatic heterocycles. The van der Waals surface area contributed by atoms with E-state index in [9.17, 15) is 9.59 Å². The summed E-state index contributed by atoms with van der Waals surface area (Å²) in [6.07, 6.45) is 4.26. The molecular formula is C16H18N4O2. The van der Waals surface area contributed by atoms with Crippen LogP contribution in [0.2, 0.25) is 0 Å². The summed E-state index contributed by atoms with van der Waals surface area (Å²) >= 11 is 0. The van der Waals surface area contributed by atoms with Crippen LogP contribution >= 0.6 is 0 Å². The van der Waals surface area contributed by atoms with E-state index in [1.165, 1.54) is 0 Å². The number of fused-ring (bicyclic) bond motifs is 1. The van der Waals surface area contributed by atoms with E-state index in [-0.39, 0.29) is 30.1 Å². The van der Waals surface area contributed by atoms with Crippen LogP contribution in [0.1, 0.15) is 18.4 Å². The average molecular weight is 298 g/mol. The Balaban J connectivity index is 1.65. The monoisotopic (exact) mass is 298 g/mol. The Labute approximate surface area is 129 Å². The lowest BCUT2D eigenvalue weighted by atomic mass is 9.88. The smallest absolute Gasteiger partial charge is 0.236 e. The lowest BCUT2D eigenvalue weighted by Gasteiger charge is -2.33. The molecule has 0 N–H and O–H groups in total. The van der Waals surface area contributed by atoms with Gasteiger partial charge in [0.1, 0.15) is 6.42 Å². The van der Waals surface area contributed by atoms with Crippen LogP contribution in [0, 0.1) is 23.2 Å². The highest BCUT2D eigenvalue weighted by atomic mass is 16.2. The molecule has 0 unspecified atom stereocenters. The summed E-state index contributed by atoms with van der Waals surface area (Å²) in [5, 5.41) is 8.64. The number of carbonyl (C=O) groups excluding carboxylic acids is 2. The van der Waals surface area contributed by atoms with Crippen molar-refractivity contribution in [1.29, 1.82) is 5.26 Å². The number of nitrogens with zero attached hydrogens (tertiary/aromatic N) is 4. The van der Waals surface area contributed by atoms with Crippen molar-refractivity contribution in [3.63, 3.8) is 0 Å². The summed E-state index contributed by atoms with van der Waals surface area (Å²) in [6, 6.07) is 5.71. The van der Waals surface area contributed by atoms with Gasteiger partial charge in [0.15, 0.2) is 0 Å². The molecular weight excluding hydrogens is 280 g/mol. The molecule has 1 aromatic rings. The van der Waals surface area contributed by atoms with E-state index in [4.69, 9.17) is 5.26 Å². The van der Waals surface area contributed by atoms with E-state index in [1.54, 1.807) is 17.3 Å². The fourth-order valence-electron chi connectivity index (χ4n) is 3.36. The van der Waals surface area contributed by atoms with Gasteiger partial charge < -0.3 is 9.80 Å². The molecule has 0 spiro atoms. The fourth-order valence-corrected chi connectivity index (χ4v) is 3.36. The van der Waals surface area contributed by atoms with Crippen LogP contribution in [0.15, 0.2) is 24.5 Å². The minimum Gasteiger partial charge on any atom is -0.341 e.